The van der Waals surface area contributed by atoms with E-state index in [1.165, 1.54) is 0 Å². The van der Waals surface area contributed by atoms with Gasteiger partial charge in [-0.15, -0.1) is 4.40 Å². The lowest BCUT2D eigenvalue weighted by Crippen LogP contribution is -2.48. The van der Waals surface area contributed by atoms with Crippen molar-refractivity contribution < 1.29 is 13.2 Å². The number of benzene rings is 1. The number of amidine groups is 1. The molecule has 7 heteroatoms. The minimum absolute atomic E-state index is 0.126. The zero-order valence-corrected chi connectivity index (χ0v) is 12.5. The van der Waals surface area contributed by atoms with Crippen LogP contribution in [0.15, 0.2) is 33.6 Å². The summed E-state index contributed by atoms with van der Waals surface area (Å²) in [6.07, 6.45) is 1.52. The Morgan fingerprint density at radius 3 is 2.76 bits per heavy atom. The molecule has 0 spiro atoms. The number of hydrogen-bond donors (Lipinski definition) is 1. The van der Waals surface area contributed by atoms with Gasteiger partial charge in [0.15, 0.2) is 5.84 Å². The third-order valence-electron chi connectivity index (χ3n) is 4.17. The quantitative estimate of drug-likeness (QED) is 0.827. The average molecular weight is 307 g/mol. The van der Waals surface area contributed by atoms with Crippen LogP contribution in [-0.4, -0.2) is 37.6 Å². The van der Waals surface area contributed by atoms with Gasteiger partial charge in [0.2, 0.25) is 5.91 Å². The van der Waals surface area contributed by atoms with Gasteiger partial charge >= 0.3 is 0 Å². The van der Waals surface area contributed by atoms with Gasteiger partial charge < -0.3 is 10.6 Å². The van der Waals surface area contributed by atoms with Gasteiger partial charge in [0.05, 0.1) is 5.92 Å². The summed E-state index contributed by atoms with van der Waals surface area (Å²) in [5.41, 5.74) is 6.00. The summed E-state index contributed by atoms with van der Waals surface area (Å²) < 4.78 is 28.2. The van der Waals surface area contributed by atoms with Gasteiger partial charge in [-0.25, -0.2) is 0 Å². The van der Waals surface area contributed by atoms with Gasteiger partial charge in [0, 0.05) is 18.2 Å². The van der Waals surface area contributed by atoms with Crippen LogP contribution in [0.2, 0.25) is 0 Å². The Balaban J connectivity index is 2.02. The summed E-state index contributed by atoms with van der Waals surface area (Å²) in [6, 6.07) is 6.90. The lowest BCUT2D eigenvalue weighted by atomic mass is 9.92. The van der Waals surface area contributed by atoms with Crippen LogP contribution in [0.1, 0.15) is 25.3 Å². The first-order valence-corrected chi connectivity index (χ1v) is 8.34. The van der Waals surface area contributed by atoms with Crippen molar-refractivity contribution in [1.29, 1.82) is 0 Å². The molecule has 3 rings (SSSR count). The molecular weight excluding hydrogens is 290 g/mol. The van der Waals surface area contributed by atoms with E-state index in [2.05, 4.69) is 4.40 Å². The molecule has 1 amide bonds. The zero-order valence-electron chi connectivity index (χ0n) is 11.7. The van der Waals surface area contributed by atoms with Crippen molar-refractivity contribution in [1.82, 2.24) is 4.90 Å². The van der Waals surface area contributed by atoms with Gasteiger partial charge in [0.1, 0.15) is 4.90 Å². The predicted octanol–water partition coefficient (Wildman–Crippen LogP) is 0.721. The summed E-state index contributed by atoms with van der Waals surface area (Å²) >= 11 is 0. The number of nitrogens with zero attached hydrogens (tertiary/aromatic N) is 2. The number of piperidine rings is 1. The third kappa shape index (κ3) is 2.31. The number of carbonyl (C=O) groups is 1. The van der Waals surface area contributed by atoms with E-state index in [9.17, 15) is 13.2 Å². The fourth-order valence-corrected chi connectivity index (χ4v) is 4.15. The normalized spacial score (nSPS) is 27.1. The van der Waals surface area contributed by atoms with Crippen molar-refractivity contribution in [3.8, 4) is 0 Å². The summed E-state index contributed by atoms with van der Waals surface area (Å²) in [4.78, 5) is 13.6. The molecule has 0 aromatic heterocycles. The molecular formula is C14H17N3O3S. The van der Waals surface area contributed by atoms with Crippen LogP contribution in [-0.2, 0) is 14.8 Å². The number of sulfonamides is 1. The molecule has 6 nitrogen and oxygen atoms in total. The number of rotatable bonds is 1. The van der Waals surface area contributed by atoms with E-state index >= 15 is 0 Å². The number of amides is 1. The number of likely N-dealkylation sites (tertiary alicyclic amines) is 1. The molecule has 1 fully saturated rings. The number of primary amides is 1. The topological polar surface area (TPSA) is 92.8 Å². The Morgan fingerprint density at radius 2 is 2.05 bits per heavy atom. The maximum absolute atomic E-state index is 12.1. The molecule has 21 heavy (non-hydrogen) atoms. The molecule has 1 aromatic carbocycles. The standard InChI is InChI=1S/C14H17N3O3S/c1-9-6-7-10(13(15)18)8-17(9)14-11-4-2-3-5-12(11)21(19,20)16-14/h2-5,9-10H,6-8H2,1H3,(H2,15,18). The van der Waals surface area contributed by atoms with Gasteiger partial charge in [-0.05, 0) is 31.9 Å². The Hall–Kier alpha value is -1.89. The summed E-state index contributed by atoms with van der Waals surface area (Å²) in [5, 5.41) is 0. The maximum atomic E-state index is 12.1. The molecule has 0 radical (unpaired) electrons. The number of nitrogens with two attached hydrogens (primary N) is 1. The lowest BCUT2D eigenvalue weighted by molar-refractivity contribution is -0.123. The van der Waals surface area contributed by atoms with Crippen LogP contribution in [0.5, 0.6) is 0 Å². The van der Waals surface area contributed by atoms with Crippen molar-refractivity contribution in [3.63, 3.8) is 0 Å². The monoisotopic (exact) mass is 307 g/mol. The maximum Gasteiger partial charge on any atom is 0.285 e. The Labute approximate surface area is 123 Å². The number of carbonyl (C=O) groups excluding carboxylic acids is 1. The van der Waals surface area contributed by atoms with Crippen molar-refractivity contribution in [3.05, 3.63) is 29.8 Å². The second kappa shape index (κ2) is 4.84. The highest BCUT2D eigenvalue weighted by molar-refractivity contribution is 7.90. The van der Waals surface area contributed by atoms with E-state index < -0.39 is 10.0 Å². The van der Waals surface area contributed by atoms with Crippen molar-refractivity contribution in [2.45, 2.75) is 30.7 Å². The summed E-state index contributed by atoms with van der Waals surface area (Å²) in [6.45, 7) is 2.42. The molecule has 0 saturated carbocycles. The predicted molar refractivity (Wildman–Crippen MR) is 78.3 cm³/mol. The highest BCUT2D eigenvalue weighted by Gasteiger charge is 2.37. The third-order valence-corrected chi connectivity index (χ3v) is 5.49. The smallest absolute Gasteiger partial charge is 0.285 e. The van der Waals surface area contributed by atoms with Crippen LogP contribution >= 0.6 is 0 Å². The highest BCUT2D eigenvalue weighted by atomic mass is 32.2. The molecule has 2 N–H and O–H groups in total. The first-order chi connectivity index (χ1) is 9.90. The highest BCUT2D eigenvalue weighted by Crippen LogP contribution is 2.31. The molecule has 2 unspecified atom stereocenters. The van der Waals surface area contributed by atoms with E-state index in [0.717, 1.165) is 12.8 Å². The van der Waals surface area contributed by atoms with Crippen LogP contribution in [0.4, 0.5) is 0 Å². The second-order valence-electron chi connectivity index (χ2n) is 5.56. The lowest BCUT2D eigenvalue weighted by Gasteiger charge is -2.38. The Kier molecular flexibility index (Phi) is 3.24. The largest absolute Gasteiger partial charge is 0.369 e. The molecule has 1 saturated heterocycles. The van der Waals surface area contributed by atoms with E-state index in [1.807, 2.05) is 11.8 Å². The zero-order chi connectivity index (χ0) is 15.2. The van der Waals surface area contributed by atoms with Crippen LogP contribution < -0.4 is 5.73 Å². The summed E-state index contributed by atoms with van der Waals surface area (Å²) in [7, 11) is -3.64. The molecule has 2 heterocycles. The van der Waals surface area contributed by atoms with Crippen LogP contribution in [0.25, 0.3) is 0 Å². The molecule has 1 aromatic rings. The Morgan fingerprint density at radius 1 is 1.33 bits per heavy atom. The number of hydrogen-bond acceptors (Lipinski definition) is 4. The second-order valence-corrected chi connectivity index (χ2v) is 7.14. The van der Waals surface area contributed by atoms with Crippen molar-refractivity contribution in [2.75, 3.05) is 6.54 Å². The first-order valence-electron chi connectivity index (χ1n) is 6.90. The van der Waals surface area contributed by atoms with Gasteiger partial charge in [0.25, 0.3) is 10.0 Å². The average Bonchev–Trinajstić information content (AvgIpc) is 2.71. The fraction of sp³-hybridized carbons (Fsp3) is 0.429. The van der Waals surface area contributed by atoms with E-state index in [-0.39, 0.29) is 22.8 Å². The van der Waals surface area contributed by atoms with Crippen LogP contribution in [0.3, 0.4) is 0 Å². The van der Waals surface area contributed by atoms with E-state index in [0.29, 0.717) is 17.9 Å². The molecule has 2 aliphatic heterocycles. The van der Waals surface area contributed by atoms with Crippen molar-refractivity contribution >= 4 is 21.8 Å². The minimum Gasteiger partial charge on any atom is -0.369 e. The fourth-order valence-electron chi connectivity index (χ4n) is 2.93. The SMILES string of the molecule is CC1CCC(C(N)=O)CN1C1=NS(=O)(=O)c2ccccc21. The molecule has 2 aliphatic rings. The Bertz CT molecular complexity index is 727. The first kappa shape index (κ1) is 14.1. The molecule has 0 aliphatic carbocycles. The summed E-state index contributed by atoms with van der Waals surface area (Å²) in [5.74, 6) is -0.176. The molecule has 112 valence electrons. The van der Waals surface area contributed by atoms with Crippen LogP contribution in [0, 0.1) is 5.92 Å². The molecule has 2 atom stereocenters. The van der Waals surface area contributed by atoms with Gasteiger partial charge in [-0.3, -0.25) is 4.79 Å². The van der Waals surface area contributed by atoms with Crippen molar-refractivity contribution in [2.24, 2.45) is 16.0 Å². The van der Waals surface area contributed by atoms with Gasteiger partial charge in [-0.1, -0.05) is 12.1 Å². The number of fused-ring (bicyclic) bond motifs is 1. The van der Waals surface area contributed by atoms with E-state index in [1.54, 1.807) is 24.3 Å². The van der Waals surface area contributed by atoms with Gasteiger partial charge in [-0.2, -0.15) is 8.42 Å². The van der Waals surface area contributed by atoms with E-state index in [4.69, 9.17) is 5.73 Å². The minimum atomic E-state index is -3.64. The molecule has 0 bridgehead atoms.